The van der Waals surface area contributed by atoms with Crippen molar-refractivity contribution in [1.82, 2.24) is 13.5 Å². The zero-order valence-electron chi connectivity index (χ0n) is 15.1. The summed E-state index contributed by atoms with van der Waals surface area (Å²) in [6, 6.07) is 5.79. The van der Waals surface area contributed by atoms with Gasteiger partial charge in [-0.3, -0.25) is 4.79 Å². The number of carbonyl (C=O) groups is 1. The number of amides is 1. The smallest absolute Gasteiger partial charge is 0.281 e. The molecule has 0 unspecified atom stereocenters. The minimum Gasteiger partial charge on any atom is -0.334 e. The highest BCUT2D eigenvalue weighted by Crippen LogP contribution is 2.23. The van der Waals surface area contributed by atoms with Crippen LogP contribution in [-0.4, -0.2) is 61.1 Å². The summed E-state index contributed by atoms with van der Waals surface area (Å²) in [7, 11) is -0.599. The largest absolute Gasteiger partial charge is 0.334 e. The molecule has 1 aliphatic heterocycles. The normalized spacial score (nSPS) is 20.4. The summed E-state index contributed by atoms with van der Waals surface area (Å²) in [6.07, 6.45) is 0.136. The Kier molecular flexibility index (Phi) is 6.18. The first-order valence-corrected chi connectivity index (χ1v) is 9.74. The third-order valence-corrected chi connectivity index (χ3v) is 6.42. The Labute approximate surface area is 149 Å². The van der Waals surface area contributed by atoms with E-state index in [4.69, 9.17) is 0 Å². The van der Waals surface area contributed by atoms with Crippen molar-refractivity contribution in [1.29, 1.82) is 0 Å². The van der Waals surface area contributed by atoms with Gasteiger partial charge in [-0.05, 0) is 23.6 Å². The van der Waals surface area contributed by atoms with Crippen molar-refractivity contribution in [3.63, 3.8) is 0 Å². The van der Waals surface area contributed by atoms with Gasteiger partial charge in [0.2, 0.25) is 5.91 Å². The second kappa shape index (κ2) is 7.80. The molecule has 1 saturated heterocycles. The molecule has 0 aliphatic carbocycles. The van der Waals surface area contributed by atoms with Gasteiger partial charge in [-0.15, -0.1) is 0 Å². The van der Waals surface area contributed by atoms with Crippen LogP contribution in [0.2, 0.25) is 0 Å². The van der Waals surface area contributed by atoms with Crippen molar-refractivity contribution in [2.75, 3.05) is 27.2 Å². The van der Waals surface area contributed by atoms with Gasteiger partial charge in [0.15, 0.2) is 0 Å². The van der Waals surface area contributed by atoms with E-state index in [1.54, 1.807) is 17.0 Å². The maximum atomic E-state index is 13.1. The van der Waals surface area contributed by atoms with Gasteiger partial charge in [0, 0.05) is 46.2 Å². The fourth-order valence-corrected chi connectivity index (χ4v) is 4.08. The molecule has 1 aromatic rings. The molecule has 0 saturated carbocycles. The van der Waals surface area contributed by atoms with Crippen molar-refractivity contribution in [3.05, 3.63) is 35.6 Å². The number of nitrogens with zero attached hydrogens (tertiary/aromatic N) is 3. The monoisotopic (exact) mass is 371 g/mol. The summed E-state index contributed by atoms with van der Waals surface area (Å²) in [6.45, 7) is 4.72. The molecule has 0 radical (unpaired) electrons. The molecule has 1 aliphatic rings. The van der Waals surface area contributed by atoms with Gasteiger partial charge in [-0.25, -0.2) is 4.39 Å². The third-order valence-electron chi connectivity index (χ3n) is 4.51. The van der Waals surface area contributed by atoms with E-state index in [-0.39, 0.29) is 43.2 Å². The van der Waals surface area contributed by atoms with Gasteiger partial charge in [0.1, 0.15) is 5.82 Å². The highest BCUT2D eigenvalue weighted by molar-refractivity contribution is 7.86. The standard InChI is InChI=1S/C17H26FN3O3S/c1-13(2)16-12-20(25(23,24)19(3)4)10-9-17(22)21(16)11-14-5-7-15(18)8-6-14/h5-8,13,16H,9-12H2,1-4H3/t16-/m0/s1. The van der Waals surface area contributed by atoms with Crippen LogP contribution in [-0.2, 0) is 21.5 Å². The molecule has 0 N–H and O–H groups in total. The van der Waals surface area contributed by atoms with E-state index in [1.165, 1.54) is 34.8 Å². The van der Waals surface area contributed by atoms with Crippen molar-refractivity contribution < 1.29 is 17.6 Å². The number of hydrogen-bond acceptors (Lipinski definition) is 3. The first kappa shape index (κ1) is 19.8. The highest BCUT2D eigenvalue weighted by atomic mass is 32.2. The van der Waals surface area contributed by atoms with Crippen LogP contribution in [0, 0.1) is 11.7 Å². The average Bonchev–Trinajstić information content (AvgIpc) is 2.70. The summed E-state index contributed by atoms with van der Waals surface area (Å²) < 4.78 is 40.6. The van der Waals surface area contributed by atoms with Crippen molar-refractivity contribution >= 4 is 16.1 Å². The zero-order chi connectivity index (χ0) is 18.8. The molecule has 25 heavy (non-hydrogen) atoms. The molecule has 1 atom stereocenters. The van der Waals surface area contributed by atoms with E-state index >= 15 is 0 Å². The topological polar surface area (TPSA) is 60.9 Å². The summed E-state index contributed by atoms with van der Waals surface area (Å²) in [4.78, 5) is 14.4. The minimum absolute atomic E-state index is 0.0838. The van der Waals surface area contributed by atoms with E-state index in [9.17, 15) is 17.6 Å². The molecule has 1 heterocycles. The lowest BCUT2D eigenvalue weighted by atomic mass is 10.0. The van der Waals surface area contributed by atoms with E-state index in [1.807, 2.05) is 13.8 Å². The van der Waals surface area contributed by atoms with Crippen LogP contribution in [0.5, 0.6) is 0 Å². The minimum atomic E-state index is -3.58. The van der Waals surface area contributed by atoms with Crippen molar-refractivity contribution in [3.8, 4) is 0 Å². The fourth-order valence-electron chi connectivity index (χ4n) is 2.95. The first-order chi connectivity index (χ1) is 11.6. The second-order valence-electron chi connectivity index (χ2n) is 6.86. The quantitative estimate of drug-likeness (QED) is 0.791. The van der Waals surface area contributed by atoms with Crippen LogP contribution in [0.1, 0.15) is 25.8 Å². The van der Waals surface area contributed by atoms with Crippen LogP contribution in [0.25, 0.3) is 0 Å². The van der Waals surface area contributed by atoms with Gasteiger partial charge >= 0.3 is 0 Å². The van der Waals surface area contributed by atoms with Crippen LogP contribution in [0.15, 0.2) is 24.3 Å². The number of halogens is 1. The van der Waals surface area contributed by atoms with Crippen molar-refractivity contribution in [2.24, 2.45) is 5.92 Å². The fraction of sp³-hybridized carbons (Fsp3) is 0.588. The van der Waals surface area contributed by atoms with E-state index in [0.29, 0.717) is 6.54 Å². The van der Waals surface area contributed by atoms with E-state index in [2.05, 4.69) is 0 Å². The Morgan fingerprint density at radius 2 is 1.84 bits per heavy atom. The van der Waals surface area contributed by atoms with Crippen LogP contribution < -0.4 is 0 Å². The molecule has 1 aromatic carbocycles. The Morgan fingerprint density at radius 1 is 1.24 bits per heavy atom. The Morgan fingerprint density at radius 3 is 2.36 bits per heavy atom. The van der Waals surface area contributed by atoms with Gasteiger partial charge in [0.05, 0.1) is 0 Å². The molecule has 6 nitrogen and oxygen atoms in total. The molecule has 0 bridgehead atoms. The van der Waals surface area contributed by atoms with E-state index < -0.39 is 10.2 Å². The molecule has 2 rings (SSSR count). The predicted molar refractivity (Wildman–Crippen MR) is 94.4 cm³/mol. The van der Waals surface area contributed by atoms with Crippen LogP contribution in [0.4, 0.5) is 4.39 Å². The van der Waals surface area contributed by atoms with Gasteiger partial charge in [-0.2, -0.15) is 17.0 Å². The summed E-state index contributed by atoms with van der Waals surface area (Å²) in [5, 5.41) is 0. The molecule has 1 amide bonds. The molecular weight excluding hydrogens is 345 g/mol. The molecule has 140 valence electrons. The number of hydrogen-bond donors (Lipinski definition) is 0. The Balaban J connectivity index is 2.29. The highest BCUT2D eigenvalue weighted by Gasteiger charge is 2.36. The molecular formula is C17H26FN3O3S. The predicted octanol–water partition coefficient (Wildman–Crippen LogP) is 1.69. The number of rotatable bonds is 5. The lowest BCUT2D eigenvalue weighted by Crippen LogP contribution is -2.48. The molecule has 0 spiro atoms. The lowest BCUT2D eigenvalue weighted by Gasteiger charge is -2.35. The summed E-state index contributed by atoms with van der Waals surface area (Å²) in [5.74, 6) is -0.323. The third kappa shape index (κ3) is 4.56. The molecule has 8 heteroatoms. The summed E-state index contributed by atoms with van der Waals surface area (Å²) in [5.41, 5.74) is 0.823. The second-order valence-corrected chi connectivity index (χ2v) is 9.00. The van der Waals surface area contributed by atoms with Gasteiger partial charge < -0.3 is 4.90 Å². The maximum absolute atomic E-state index is 13.1. The Bertz CT molecular complexity index is 704. The zero-order valence-corrected chi connectivity index (χ0v) is 16.0. The van der Waals surface area contributed by atoms with Crippen LogP contribution >= 0.6 is 0 Å². The number of benzene rings is 1. The lowest BCUT2D eigenvalue weighted by molar-refractivity contribution is -0.134. The average molecular weight is 371 g/mol. The van der Waals surface area contributed by atoms with Gasteiger partial charge in [-0.1, -0.05) is 26.0 Å². The van der Waals surface area contributed by atoms with Crippen molar-refractivity contribution in [2.45, 2.75) is 32.9 Å². The SMILES string of the molecule is CC(C)[C@@H]1CN(S(=O)(=O)N(C)C)CCC(=O)N1Cc1ccc(F)cc1. The number of carbonyl (C=O) groups excluding carboxylic acids is 1. The Hall–Kier alpha value is -1.51. The molecule has 1 fully saturated rings. The van der Waals surface area contributed by atoms with E-state index in [0.717, 1.165) is 5.56 Å². The maximum Gasteiger partial charge on any atom is 0.281 e. The molecule has 0 aromatic heterocycles. The van der Waals surface area contributed by atoms with Gasteiger partial charge in [0.25, 0.3) is 10.2 Å². The summed E-state index contributed by atoms with van der Waals surface area (Å²) >= 11 is 0. The van der Waals surface area contributed by atoms with Crippen LogP contribution in [0.3, 0.4) is 0 Å². The first-order valence-electron chi connectivity index (χ1n) is 8.34.